The first kappa shape index (κ1) is 18.2. The van der Waals surface area contributed by atoms with Gasteiger partial charge in [-0.15, -0.1) is 0 Å². The number of benzene rings is 1. The van der Waals surface area contributed by atoms with Gasteiger partial charge in [-0.05, 0) is 24.6 Å². The third-order valence-electron chi connectivity index (χ3n) is 3.51. The van der Waals surface area contributed by atoms with Gasteiger partial charge in [-0.2, -0.15) is 5.10 Å². The number of carbonyl (C=O) groups is 2. The molecule has 0 bridgehead atoms. The first-order valence-electron chi connectivity index (χ1n) is 7.77. The van der Waals surface area contributed by atoms with Crippen molar-refractivity contribution < 1.29 is 19.4 Å². The van der Waals surface area contributed by atoms with Crippen molar-refractivity contribution in [3.8, 4) is 5.75 Å². The molecule has 0 saturated heterocycles. The standard InChI is InChI=1S/C17H19N3O5/c1-3-4-10-20-14(21)9-8-13(19-20)16(23)18-12-7-5-6-11(15(12)22)17(24)25-2/h5-9,22H,3-4,10H2,1-2H3,(H,18,23). The Morgan fingerprint density at radius 3 is 2.72 bits per heavy atom. The number of amides is 1. The quantitative estimate of drug-likeness (QED) is 0.610. The lowest BCUT2D eigenvalue weighted by atomic mass is 10.1. The van der Waals surface area contributed by atoms with E-state index in [-0.39, 0.29) is 22.5 Å². The number of aromatic nitrogens is 2. The van der Waals surface area contributed by atoms with Gasteiger partial charge in [0.25, 0.3) is 11.5 Å². The Kier molecular flexibility index (Phi) is 5.89. The van der Waals surface area contributed by atoms with Crippen LogP contribution in [-0.4, -0.2) is 33.9 Å². The summed E-state index contributed by atoms with van der Waals surface area (Å²) in [7, 11) is 1.19. The Labute approximate surface area is 144 Å². The van der Waals surface area contributed by atoms with E-state index in [1.807, 2.05) is 6.92 Å². The van der Waals surface area contributed by atoms with E-state index in [0.29, 0.717) is 6.54 Å². The number of aryl methyl sites for hydroxylation is 1. The predicted octanol–water partition coefficient (Wildman–Crippen LogP) is 1.79. The number of hydrogen-bond donors (Lipinski definition) is 2. The molecule has 0 saturated carbocycles. The maximum atomic E-state index is 12.3. The van der Waals surface area contributed by atoms with E-state index >= 15 is 0 Å². The lowest BCUT2D eigenvalue weighted by Crippen LogP contribution is -2.26. The number of ether oxygens (including phenoxy) is 1. The highest BCUT2D eigenvalue weighted by atomic mass is 16.5. The van der Waals surface area contributed by atoms with Crippen molar-refractivity contribution in [2.24, 2.45) is 0 Å². The number of phenolic OH excluding ortho intramolecular Hbond substituents is 1. The monoisotopic (exact) mass is 345 g/mol. The fourth-order valence-electron chi connectivity index (χ4n) is 2.14. The first-order valence-corrected chi connectivity index (χ1v) is 7.77. The van der Waals surface area contributed by atoms with Gasteiger partial charge < -0.3 is 15.2 Å². The molecule has 25 heavy (non-hydrogen) atoms. The van der Waals surface area contributed by atoms with Crippen LogP contribution in [0.3, 0.4) is 0 Å². The summed E-state index contributed by atoms with van der Waals surface area (Å²) in [5, 5.41) is 16.6. The van der Waals surface area contributed by atoms with E-state index in [4.69, 9.17) is 0 Å². The van der Waals surface area contributed by atoms with Crippen molar-refractivity contribution in [1.82, 2.24) is 9.78 Å². The minimum Gasteiger partial charge on any atom is -0.505 e. The highest BCUT2D eigenvalue weighted by molar-refractivity contribution is 6.05. The van der Waals surface area contributed by atoms with Gasteiger partial charge in [-0.25, -0.2) is 9.48 Å². The van der Waals surface area contributed by atoms with Crippen molar-refractivity contribution in [3.05, 3.63) is 51.9 Å². The summed E-state index contributed by atoms with van der Waals surface area (Å²) in [5.41, 5.74) is -0.290. The molecule has 1 aromatic carbocycles. The van der Waals surface area contributed by atoms with Gasteiger partial charge >= 0.3 is 5.97 Å². The molecular weight excluding hydrogens is 326 g/mol. The predicted molar refractivity (Wildman–Crippen MR) is 90.8 cm³/mol. The first-order chi connectivity index (χ1) is 12.0. The lowest BCUT2D eigenvalue weighted by Gasteiger charge is -2.10. The summed E-state index contributed by atoms with van der Waals surface area (Å²) in [4.78, 5) is 35.7. The summed E-state index contributed by atoms with van der Waals surface area (Å²) in [6.07, 6.45) is 1.65. The second kappa shape index (κ2) is 8.09. The van der Waals surface area contributed by atoms with Crippen LogP contribution in [0.4, 0.5) is 5.69 Å². The molecule has 8 nitrogen and oxygen atoms in total. The zero-order chi connectivity index (χ0) is 18.4. The maximum absolute atomic E-state index is 12.3. The zero-order valence-electron chi connectivity index (χ0n) is 14.0. The fraction of sp³-hybridized carbons (Fsp3) is 0.294. The molecule has 1 amide bonds. The average Bonchev–Trinajstić information content (AvgIpc) is 2.62. The number of methoxy groups -OCH3 is 1. The van der Waals surface area contributed by atoms with Crippen molar-refractivity contribution >= 4 is 17.6 Å². The van der Waals surface area contributed by atoms with Crippen LogP contribution in [-0.2, 0) is 11.3 Å². The number of unbranched alkanes of at least 4 members (excludes halogenated alkanes) is 1. The number of nitrogens with zero attached hydrogens (tertiary/aromatic N) is 2. The van der Waals surface area contributed by atoms with Gasteiger partial charge in [-0.3, -0.25) is 9.59 Å². The van der Waals surface area contributed by atoms with Gasteiger partial charge in [0.2, 0.25) is 0 Å². The van der Waals surface area contributed by atoms with E-state index in [1.165, 1.54) is 42.1 Å². The SMILES string of the molecule is CCCCn1nc(C(=O)Nc2cccc(C(=O)OC)c2O)ccc1=O. The second-order valence-corrected chi connectivity index (χ2v) is 5.28. The number of para-hydroxylation sites is 1. The molecule has 1 aromatic heterocycles. The third-order valence-corrected chi connectivity index (χ3v) is 3.51. The normalized spacial score (nSPS) is 10.3. The number of anilines is 1. The zero-order valence-corrected chi connectivity index (χ0v) is 14.0. The van der Waals surface area contributed by atoms with E-state index in [2.05, 4.69) is 15.2 Å². The number of esters is 1. The molecule has 0 fully saturated rings. The Hall–Kier alpha value is -3.16. The number of carbonyl (C=O) groups excluding carboxylic acids is 2. The van der Waals surface area contributed by atoms with E-state index in [0.717, 1.165) is 12.8 Å². The molecule has 0 unspecified atom stereocenters. The number of rotatable bonds is 6. The van der Waals surface area contributed by atoms with Crippen molar-refractivity contribution in [3.63, 3.8) is 0 Å². The van der Waals surface area contributed by atoms with Gasteiger partial charge in [0.05, 0.1) is 12.8 Å². The molecule has 132 valence electrons. The minimum absolute atomic E-state index is 0.0265. The molecular formula is C17H19N3O5. The van der Waals surface area contributed by atoms with Gasteiger partial charge in [0, 0.05) is 12.6 Å². The highest BCUT2D eigenvalue weighted by Gasteiger charge is 2.17. The number of phenols is 1. The summed E-state index contributed by atoms with van der Waals surface area (Å²) >= 11 is 0. The lowest BCUT2D eigenvalue weighted by molar-refractivity contribution is 0.0597. The average molecular weight is 345 g/mol. The van der Waals surface area contributed by atoms with Crippen LogP contribution >= 0.6 is 0 Å². The van der Waals surface area contributed by atoms with Gasteiger partial charge in [0.15, 0.2) is 5.75 Å². The van der Waals surface area contributed by atoms with Gasteiger partial charge in [-0.1, -0.05) is 19.4 Å². The summed E-state index contributed by atoms with van der Waals surface area (Å²) < 4.78 is 5.79. The molecule has 0 spiro atoms. The van der Waals surface area contributed by atoms with Crippen molar-refractivity contribution in [2.75, 3.05) is 12.4 Å². The van der Waals surface area contributed by atoms with Crippen molar-refractivity contribution in [1.29, 1.82) is 0 Å². The molecule has 8 heteroatoms. The summed E-state index contributed by atoms with van der Waals surface area (Å²) in [5.74, 6) is -1.73. The van der Waals surface area contributed by atoms with E-state index in [9.17, 15) is 19.5 Å². The number of hydrogen-bond acceptors (Lipinski definition) is 6. The maximum Gasteiger partial charge on any atom is 0.341 e. The highest BCUT2D eigenvalue weighted by Crippen LogP contribution is 2.28. The Balaban J connectivity index is 2.26. The van der Waals surface area contributed by atoms with E-state index in [1.54, 1.807) is 0 Å². The van der Waals surface area contributed by atoms with Gasteiger partial charge in [0.1, 0.15) is 11.3 Å². The van der Waals surface area contributed by atoms with Crippen LogP contribution in [0.5, 0.6) is 5.75 Å². The number of nitrogens with one attached hydrogen (secondary N) is 1. The van der Waals surface area contributed by atoms with Crippen LogP contribution < -0.4 is 10.9 Å². The largest absolute Gasteiger partial charge is 0.505 e. The van der Waals surface area contributed by atoms with E-state index < -0.39 is 17.6 Å². The second-order valence-electron chi connectivity index (χ2n) is 5.28. The van der Waals surface area contributed by atoms with Crippen molar-refractivity contribution in [2.45, 2.75) is 26.3 Å². The molecule has 2 aromatic rings. The van der Waals surface area contributed by atoms with Crippen LogP contribution in [0, 0.1) is 0 Å². The van der Waals surface area contributed by atoms with Crippen LogP contribution in [0.25, 0.3) is 0 Å². The molecule has 0 aliphatic heterocycles. The molecule has 2 N–H and O–H groups in total. The molecule has 0 aliphatic carbocycles. The molecule has 0 aliphatic rings. The molecule has 2 rings (SSSR count). The Bertz CT molecular complexity index is 844. The molecule has 1 heterocycles. The third kappa shape index (κ3) is 4.23. The summed E-state index contributed by atoms with van der Waals surface area (Å²) in [6, 6.07) is 6.88. The molecule has 0 radical (unpaired) electrons. The summed E-state index contributed by atoms with van der Waals surface area (Å²) in [6.45, 7) is 2.40. The Morgan fingerprint density at radius 2 is 2.04 bits per heavy atom. The smallest absolute Gasteiger partial charge is 0.341 e. The van der Waals surface area contributed by atoms with Crippen LogP contribution in [0.2, 0.25) is 0 Å². The Morgan fingerprint density at radius 1 is 1.28 bits per heavy atom. The topological polar surface area (TPSA) is 111 Å². The van der Waals surface area contributed by atoms with Crippen LogP contribution in [0.1, 0.15) is 40.6 Å². The fourth-order valence-corrected chi connectivity index (χ4v) is 2.14. The minimum atomic E-state index is -0.722. The molecule has 0 atom stereocenters. The number of aromatic hydroxyl groups is 1. The van der Waals surface area contributed by atoms with Crippen LogP contribution in [0.15, 0.2) is 35.1 Å².